The van der Waals surface area contributed by atoms with Crippen molar-refractivity contribution in [2.45, 2.75) is 40.2 Å². The van der Waals surface area contributed by atoms with Crippen LogP contribution in [-0.4, -0.2) is 52.7 Å². The van der Waals surface area contributed by atoms with E-state index in [0.717, 1.165) is 5.56 Å². The fourth-order valence-corrected chi connectivity index (χ4v) is 3.39. The summed E-state index contributed by atoms with van der Waals surface area (Å²) in [5.41, 5.74) is 0.585. The second-order valence-electron chi connectivity index (χ2n) is 7.77. The molecule has 1 fully saturated rings. The summed E-state index contributed by atoms with van der Waals surface area (Å²) in [6.45, 7) is 11.4. The third-order valence-electron chi connectivity index (χ3n) is 4.38. The van der Waals surface area contributed by atoms with Crippen LogP contribution in [0.1, 0.15) is 32.2 Å². The summed E-state index contributed by atoms with van der Waals surface area (Å²) in [6, 6.07) is 1.90. The number of rotatable bonds is 1. The predicted molar refractivity (Wildman–Crippen MR) is 107 cm³/mol. The van der Waals surface area contributed by atoms with Crippen LogP contribution in [0.2, 0.25) is 0 Å². The Morgan fingerprint density at radius 1 is 1.19 bits per heavy atom. The molecule has 1 aromatic carbocycles. The number of carbonyl (C=O) groups is 1. The molecule has 1 aliphatic rings. The van der Waals surface area contributed by atoms with Gasteiger partial charge in [0.2, 0.25) is 0 Å². The summed E-state index contributed by atoms with van der Waals surface area (Å²) in [4.78, 5) is 24.9. The maximum Gasteiger partial charge on any atom is 0.410 e. The molecule has 2 aromatic rings. The Morgan fingerprint density at radius 3 is 2.41 bits per heavy atom. The van der Waals surface area contributed by atoms with Crippen LogP contribution < -0.4 is 4.90 Å². The SMILES string of the molecule is Cc1nc(N2CCN(C(=O)OC(C)(C)C)CC2)c2cc(C)c(Br)c(F)c2n1. The van der Waals surface area contributed by atoms with Crippen molar-refractivity contribution in [1.82, 2.24) is 14.9 Å². The summed E-state index contributed by atoms with van der Waals surface area (Å²) >= 11 is 3.29. The van der Waals surface area contributed by atoms with E-state index < -0.39 is 5.60 Å². The molecule has 0 N–H and O–H groups in total. The van der Waals surface area contributed by atoms with Gasteiger partial charge in [0.15, 0.2) is 5.82 Å². The third kappa shape index (κ3) is 4.15. The van der Waals surface area contributed by atoms with Gasteiger partial charge in [-0.1, -0.05) is 0 Å². The second kappa shape index (κ2) is 7.22. The lowest BCUT2D eigenvalue weighted by atomic mass is 10.1. The highest BCUT2D eigenvalue weighted by molar-refractivity contribution is 9.10. The van der Waals surface area contributed by atoms with Gasteiger partial charge in [-0.3, -0.25) is 0 Å². The topological polar surface area (TPSA) is 58.6 Å². The smallest absolute Gasteiger partial charge is 0.410 e. The number of halogens is 2. The Kier molecular flexibility index (Phi) is 5.29. The lowest BCUT2D eigenvalue weighted by Crippen LogP contribution is -2.50. The number of fused-ring (bicyclic) bond motifs is 1. The Labute approximate surface area is 166 Å². The van der Waals surface area contributed by atoms with Crippen molar-refractivity contribution in [3.05, 3.63) is 27.7 Å². The van der Waals surface area contributed by atoms with E-state index in [2.05, 4.69) is 30.8 Å². The lowest BCUT2D eigenvalue weighted by Gasteiger charge is -2.36. The van der Waals surface area contributed by atoms with Crippen LogP contribution in [-0.2, 0) is 4.74 Å². The second-order valence-corrected chi connectivity index (χ2v) is 8.56. The summed E-state index contributed by atoms with van der Waals surface area (Å²) in [7, 11) is 0. The van der Waals surface area contributed by atoms with E-state index in [9.17, 15) is 9.18 Å². The molecule has 146 valence electrons. The number of carbonyl (C=O) groups excluding carboxylic acids is 1. The van der Waals surface area contributed by atoms with Gasteiger partial charge in [0.1, 0.15) is 22.8 Å². The first-order valence-corrected chi connectivity index (χ1v) is 9.72. The maximum absolute atomic E-state index is 14.7. The van der Waals surface area contributed by atoms with Crippen molar-refractivity contribution in [3.8, 4) is 0 Å². The average molecular weight is 439 g/mol. The van der Waals surface area contributed by atoms with Crippen molar-refractivity contribution < 1.29 is 13.9 Å². The summed E-state index contributed by atoms with van der Waals surface area (Å²) in [5.74, 6) is 0.849. The molecule has 6 nitrogen and oxygen atoms in total. The number of ether oxygens (including phenoxy) is 1. The quantitative estimate of drug-likeness (QED) is 0.667. The molecule has 1 aliphatic heterocycles. The summed E-state index contributed by atoms with van der Waals surface area (Å²) in [6.07, 6.45) is -0.309. The molecule has 0 radical (unpaired) electrons. The number of nitrogens with zero attached hydrogens (tertiary/aromatic N) is 4. The number of piperazine rings is 1. The van der Waals surface area contributed by atoms with Crippen LogP contribution in [0.25, 0.3) is 10.9 Å². The van der Waals surface area contributed by atoms with Gasteiger partial charge < -0.3 is 14.5 Å². The number of hydrogen-bond acceptors (Lipinski definition) is 5. The van der Waals surface area contributed by atoms with Gasteiger partial charge in [-0.25, -0.2) is 19.2 Å². The van der Waals surface area contributed by atoms with E-state index in [1.807, 2.05) is 33.8 Å². The van der Waals surface area contributed by atoms with E-state index in [1.54, 1.807) is 11.8 Å². The molecule has 2 heterocycles. The fourth-order valence-electron chi connectivity index (χ4n) is 3.09. The first-order valence-electron chi connectivity index (χ1n) is 8.92. The first kappa shape index (κ1) is 19.8. The van der Waals surface area contributed by atoms with Gasteiger partial charge in [-0.15, -0.1) is 0 Å². The Bertz CT molecular complexity index is 890. The molecule has 0 spiro atoms. The van der Waals surface area contributed by atoms with Crippen LogP contribution in [0.3, 0.4) is 0 Å². The summed E-state index contributed by atoms with van der Waals surface area (Å²) < 4.78 is 20.6. The van der Waals surface area contributed by atoms with Gasteiger partial charge in [-0.2, -0.15) is 0 Å². The zero-order valence-corrected chi connectivity index (χ0v) is 17.9. The number of benzene rings is 1. The molecule has 1 saturated heterocycles. The minimum atomic E-state index is -0.517. The van der Waals surface area contributed by atoms with Crippen molar-refractivity contribution in [3.63, 3.8) is 0 Å². The van der Waals surface area contributed by atoms with Gasteiger partial charge in [-0.05, 0) is 62.2 Å². The van der Waals surface area contributed by atoms with Gasteiger partial charge >= 0.3 is 6.09 Å². The molecular formula is C19H24BrFN4O2. The summed E-state index contributed by atoms with van der Waals surface area (Å²) in [5, 5.41) is 0.685. The van der Waals surface area contributed by atoms with Crippen LogP contribution in [0.4, 0.5) is 15.0 Å². The highest BCUT2D eigenvalue weighted by Crippen LogP contribution is 2.32. The van der Waals surface area contributed by atoms with Crippen LogP contribution in [0, 0.1) is 19.7 Å². The highest BCUT2D eigenvalue weighted by atomic mass is 79.9. The zero-order valence-electron chi connectivity index (χ0n) is 16.3. The molecule has 8 heteroatoms. The third-order valence-corrected chi connectivity index (χ3v) is 5.35. The highest BCUT2D eigenvalue weighted by Gasteiger charge is 2.27. The van der Waals surface area contributed by atoms with Crippen LogP contribution >= 0.6 is 15.9 Å². The van der Waals surface area contributed by atoms with E-state index >= 15 is 0 Å². The zero-order chi connectivity index (χ0) is 19.9. The van der Waals surface area contributed by atoms with Crippen molar-refractivity contribution in [2.75, 3.05) is 31.1 Å². The largest absolute Gasteiger partial charge is 0.444 e. The number of aromatic nitrogens is 2. The molecular weight excluding hydrogens is 415 g/mol. The Morgan fingerprint density at radius 2 is 1.81 bits per heavy atom. The fraction of sp³-hybridized carbons (Fsp3) is 0.526. The minimum Gasteiger partial charge on any atom is -0.444 e. The number of hydrogen-bond donors (Lipinski definition) is 0. The molecule has 3 rings (SSSR count). The normalized spacial score (nSPS) is 15.4. The van der Waals surface area contributed by atoms with Gasteiger partial charge in [0.25, 0.3) is 0 Å². The van der Waals surface area contributed by atoms with E-state index in [0.29, 0.717) is 53.2 Å². The Balaban J connectivity index is 1.86. The number of amides is 1. The van der Waals surface area contributed by atoms with Crippen molar-refractivity contribution in [2.24, 2.45) is 0 Å². The van der Waals surface area contributed by atoms with E-state index in [-0.39, 0.29) is 11.9 Å². The van der Waals surface area contributed by atoms with E-state index in [4.69, 9.17) is 4.74 Å². The molecule has 0 atom stereocenters. The van der Waals surface area contributed by atoms with Crippen LogP contribution in [0.5, 0.6) is 0 Å². The standard InChI is InChI=1S/C19H24BrFN4O2/c1-11-10-13-16(15(21)14(11)20)22-12(2)23-17(13)24-6-8-25(9-7-24)18(26)27-19(3,4)5/h10H,6-9H2,1-5H3. The number of anilines is 1. The molecule has 0 aliphatic carbocycles. The van der Waals surface area contributed by atoms with Crippen molar-refractivity contribution in [1.29, 1.82) is 0 Å². The molecule has 0 bridgehead atoms. The molecule has 0 saturated carbocycles. The van der Waals surface area contributed by atoms with Gasteiger partial charge in [0, 0.05) is 31.6 Å². The number of aryl methyl sites for hydroxylation is 2. The Hall–Kier alpha value is -1.96. The molecule has 27 heavy (non-hydrogen) atoms. The van der Waals surface area contributed by atoms with Crippen molar-refractivity contribution >= 4 is 38.7 Å². The maximum atomic E-state index is 14.7. The molecule has 0 unspecified atom stereocenters. The monoisotopic (exact) mass is 438 g/mol. The first-order chi connectivity index (χ1) is 12.6. The van der Waals surface area contributed by atoms with Crippen LogP contribution in [0.15, 0.2) is 10.5 Å². The molecule has 1 aromatic heterocycles. The average Bonchev–Trinajstić information content (AvgIpc) is 2.59. The van der Waals surface area contributed by atoms with E-state index in [1.165, 1.54) is 0 Å². The lowest BCUT2D eigenvalue weighted by molar-refractivity contribution is 0.0240. The molecule has 1 amide bonds. The minimum absolute atomic E-state index is 0.309. The van der Waals surface area contributed by atoms with Gasteiger partial charge in [0.05, 0.1) is 4.47 Å². The predicted octanol–water partition coefficient (Wildman–Crippen LogP) is 4.21.